The van der Waals surface area contributed by atoms with Gasteiger partial charge in [0.05, 0.1) is 12.2 Å². The Labute approximate surface area is 159 Å². The minimum atomic E-state index is -0.955. The van der Waals surface area contributed by atoms with Crippen LogP contribution in [-0.4, -0.2) is 36.5 Å². The lowest BCUT2D eigenvalue weighted by atomic mass is 10.0. The number of carbonyl (C=O) groups excluding carboxylic acids is 2. The first-order chi connectivity index (χ1) is 13.0. The first kappa shape index (κ1) is 19.4. The number of nitrogens with zero attached hydrogens (tertiary/aromatic N) is 1. The van der Waals surface area contributed by atoms with E-state index in [1.165, 1.54) is 17.4 Å². The quantitative estimate of drug-likeness (QED) is 0.783. The van der Waals surface area contributed by atoms with Crippen LogP contribution in [0.25, 0.3) is 0 Å². The molecule has 5 nitrogen and oxygen atoms in total. The Morgan fingerprint density at radius 2 is 1.93 bits per heavy atom. The molecule has 1 N–H and O–H groups in total. The van der Waals surface area contributed by atoms with Gasteiger partial charge in [-0.25, -0.2) is 13.6 Å². The summed E-state index contributed by atoms with van der Waals surface area (Å²) < 4.78 is 33.0. The molecule has 0 saturated heterocycles. The van der Waals surface area contributed by atoms with Crippen LogP contribution in [0, 0.1) is 11.6 Å². The average molecular weight is 394 g/mol. The first-order valence-electron chi connectivity index (χ1n) is 8.75. The van der Waals surface area contributed by atoms with Gasteiger partial charge >= 0.3 is 5.97 Å². The van der Waals surface area contributed by atoms with Crippen LogP contribution in [0.2, 0.25) is 0 Å². The molecule has 0 atom stereocenters. The number of likely N-dealkylation sites (N-methyl/N-ethyl adjacent to an activating group) is 1. The van der Waals surface area contributed by atoms with Crippen molar-refractivity contribution in [2.75, 3.05) is 25.0 Å². The lowest BCUT2D eigenvalue weighted by molar-refractivity contribution is 0.0526. The van der Waals surface area contributed by atoms with Crippen molar-refractivity contribution in [3.63, 3.8) is 0 Å². The molecule has 2 aromatic rings. The zero-order chi connectivity index (χ0) is 19.6. The van der Waals surface area contributed by atoms with E-state index in [9.17, 15) is 18.4 Å². The van der Waals surface area contributed by atoms with E-state index in [0.717, 1.165) is 35.7 Å². The van der Waals surface area contributed by atoms with Crippen LogP contribution in [0.5, 0.6) is 0 Å². The van der Waals surface area contributed by atoms with Crippen LogP contribution in [0.3, 0.4) is 0 Å². The van der Waals surface area contributed by atoms with Gasteiger partial charge in [-0.15, -0.1) is 11.3 Å². The maximum atomic E-state index is 13.9. The van der Waals surface area contributed by atoms with Crippen LogP contribution in [0.15, 0.2) is 18.2 Å². The molecule has 2 heterocycles. The Bertz CT molecular complexity index is 862. The molecule has 0 radical (unpaired) electrons. The summed E-state index contributed by atoms with van der Waals surface area (Å²) in [5, 5.41) is 2.79. The van der Waals surface area contributed by atoms with Gasteiger partial charge in [0.2, 0.25) is 0 Å². The van der Waals surface area contributed by atoms with Crippen molar-refractivity contribution >= 4 is 28.2 Å². The number of carbonyl (C=O) groups is 2. The fourth-order valence-corrected chi connectivity index (χ4v) is 4.39. The number of rotatable bonds is 5. The number of halogens is 2. The molecule has 144 valence electrons. The Morgan fingerprint density at radius 3 is 2.56 bits per heavy atom. The minimum absolute atomic E-state index is 0.194. The second-order valence-electron chi connectivity index (χ2n) is 6.10. The van der Waals surface area contributed by atoms with Crippen molar-refractivity contribution in [3.05, 3.63) is 51.4 Å². The number of benzene rings is 1. The third-order valence-electron chi connectivity index (χ3n) is 4.48. The SMILES string of the molecule is CCOC(=O)c1c(NC(=O)c2c(F)cccc2F)sc2c1CCN(CC)C2. The average Bonchev–Trinajstić information content (AvgIpc) is 2.98. The molecule has 0 fully saturated rings. The Kier molecular flexibility index (Phi) is 5.86. The highest BCUT2D eigenvalue weighted by molar-refractivity contribution is 7.17. The number of hydrogen-bond acceptors (Lipinski definition) is 5. The summed E-state index contributed by atoms with van der Waals surface area (Å²) in [6, 6.07) is 3.22. The van der Waals surface area contributed by atoms with Crippen molar-refractivity contribution in [2.24, 2.45) is 0 Å². The maximum absolute atomic E-state index is 13.9. The summed E-state index contributed by atoms with van der Waals surface area (Å²) in [4.78, 5) is 28.1. The van der Waals surface area contributed by atoms with Gasteiger partial charge in [0.1, 0.15) is 22.2 Å². The topological polar surface area (TPSA) is 58.6 Å². The molecular weight excluding hydrogens is 374 g/mol. The normalized spacial score (nSPS) is 13.9. The number of fused-ring (bicyclic) bond motifs is 1. The lowest BCUT2D eigenvalue weighted by Gasteiger charge is -2.25. The lowest BCUT2D eigenvalue weighted by Crippen LogP contribution is -2.30. The molecule has 0 saturated carbocycles. The monoisotopic (exact) mass is 394 g/mol. The zero-order valence-electron chi connectivity index (χ0n) is 15.1. The van der Waals surface area contributed by atoms with E-state index in [0.29, 0.717) is 13.0 Å². The van der Waals surface area contributed by atoms with Crippen molar-refractivity contribution in [2.45, 2.75) is 26.8 Å². The van der Waals surface area contributed by atoms with E-state index in [-0.39, 0.29) is 17.2 Å². The number of amides is 1. The Balaban J connectivity index is 1.98. The molecule has 1 aromatic carbocycles. The van der Waals surface area contributed by atoms with Crippen molar-refractivity contribution in [1.29, 1.82) is 0 Å². The molecule has 1 aliphatic heterocycles. The molecule has 1 aromatic heterocycles. The molecule has 0 unspecified atom stereocenters. The highest BCUT2D eigenvalue weighted by Crippen LogP contribution is 2.38. The van der Waals surface area contributed by atoms with E-state index in [4.69, 9.17) is 4.74 Å². The van der Waals surface area contributed by atoms with Crippen LogP contribution in [0.4, 0.5) is 13.8 Å². The smallest absolute Gasteiger partial charge is 0.341 e. The van der Waals surface area contributed by atoms with Gasteiger partial charge < -0.3 is 10.1 Å². The number of thiophene rings is 1. The molecule has 3 rings (SSSR count). The number of nitrogens with one attached hydrogen (secondary N) is 1. The summed E-state index contributed by atoms with van der Waals surface area (Å²) in [5.74, 6) is -3.38. The number of hydrogen-bond donors (Lipinski definition) is 1. The van der Waals surface area contributed by atoms with Gasteiger partial charge in [-0.3, -0.25) is 9.69 Å². The fourth-order valence-electron chi connectivity index (χ4n) is 3.11. The van der Waals surface area contributed by atoms with Gasteiger partial charge in [0, 0.05) is 18.0 Å². The summed E-state index contributed by atoms with van der Waals surface area (Å²) in [6.45, 7) is 6.26. The van der Waals surface area contributed by atoms with Gasteiger partial charge in [0.25, 0.3) is 5.91 Å². The van der Waals surface area contributed by atoms with Gasteiger partial charge in [-0.05, 0) is 37.6 Å². The van der Waals surface area contributed by atoms with Crippen LogP contribution < -0.4 is 5.32 Å². The number of anilines is 1. The first-order valence-corrected chi connectivity index (χ1v) is 9.57. The van der Waals surface area contributed by atoms with Gasteiger partial charge in [-0.2, -0.15) is 0 Å². The highest BCUT2D eigenvalue weighted by Gasteiger charge is 2.30. The second-order valence-corrected chi connectivity index (χ2v) is 7.20. The molecule has 1 aliphatic rings. The molecule has 27 heavy (non-hydrogen) atoms. The number of esters is 1. The van der Waals surface area contributed by atoms with E-state index in [1.54, 1.807) is 6.92 Å². The second kappa shape index (κ2) is 8.14. The van der Waals surface area contributed by atoms with E-state index in [1.807, 2.05) is 0 Å². The summed E-state index contributed by atoms with van der Waals surface area (Å²) in [5.41, 5.74) is 0.457. The zero-order valence-corrected chi connectivity index (χ0v) is 15.9. The third-order valence-corrected chi connectivity index (χ3v) is 5.61. The summed E-state index contributed by atoms with van der Waals surface area (Å²) >= 11 is 1.25. The highest BCUT2D eigenvalue weighted by atomic mass is 32.1. The van der Waals surface area contributed by atoms with Crippen molar-refractivity contribution in [3.8, 4) is 0 Å². The van der Waals surface area contributed by atoms with E-state index >= 15 is 0 Å². The molecular formula is C19H20F2N2O3S. The van der Waals surface area contributed by atoms with Crippen LogP contribution in [-0.2, 0) is 17.7 Å². The van der Waals surface area contributed by atoms with Crippen molar-refractivity contribution < 1.29 is 23.1 Å². The Morgan fingerprint density at radius 1 is 1.22 bits per heavy atom. The number of ether oxygens (including phenoxy) is 1. The predicted octanol–water partition coefficient (Wildman–Crippen LogP) is 3.83. The third kappa shape index (κ3) is 3.86. The largest absolute Gasteiger partial charge is 0.462 e. The summed E-state index contributed by atoms with van der Waals surface area (Å²) in [6.07, 6.45) is 0.651. The summed E-state index contributed by atoms with van der Waals surface area (Å²) in [7, 11) is 0. The standard InChI is InChI=1S/C19H20F2N2O3S/c1-3-23-9-8-11-14(10-23)27-18(15(11)19(25)26-4-2)22-17(24)16-12(20)6-5-7-13(16)21/h5-7H,3-4,8-10H2,1-2H3,(H,22,24). The van der Waals surface area contributed by atoms with Crippen LogP contribution in [0.1, 0.15) is 45.0 Å². The fraction of sp³-hybridized carbons (Fsp3) is 0.368. The Hall–Kier alpha value is -2.32. The van der Waals surface area contributed by atoms with Gasteiger partial charge in [0.15, 0.2) is 0 Å². The van der Waals surface area contributed by atoms with E-state index in [2.05, 4.69) is 17.1 Å². The molecule has 0 aliphatic carbocycles. The van der Waals surface area contributed by atoms with Crippen LogP contribution >= 0.6 is 11.3 Å². The minimum Gasteiger partial charge on any atom is -0.462 e. The predicted molar refractivity (Wildman–Crippen MR) is 99.2 cm³/mol. The van der Waals surface area contributed by atoms with Gasteiger partial charge in [-0.1, -0.05) is 13.0 Å². The van der Waals surface area contributed by atoms with Crippen molar-refractivity contribution in [1.82, 2.24) is 4.90 Å². The van der Waals surface area contributed by atoms with E-state index < -0.39 is 29.1 Å². The maximum Gasteiger partial charge on any atom is 0.341 e. The molecule has 0 bridgehead atoms. The molecule has 0 spiro atoms. The molecule has 8 heteroatoms. The molecule has 1 amide bonds.